The van der Waals surface area contributed by atoms with Gasteiger partial charge in [0.15, 0.2) is 5.82 Å². The average Bonchev–Trinajstić information content (AvgIpc) is 3.05. The number of hydrogen-bond acceptors (Lipinski definition) is 5. The predicted octanol–water partition coefficient (Wildman–Crippen LogP) is 2.86. The minimum absolute atomic E-state index is 0.106. The number of rotatable bonds is 3. The Morgan fingerprint density at radius 2 is 1.89 bits per heavy atom. The van der Waals surface area contributed by atoms with Gasteiger partial charge < -0.3 is 14.6 Å². The number of aromatic nitrogens is 2. The number of amides is 3. The van der Waals surface area contributed by atoms with Crippen LogP contribution in [0.3, 0.4) is 0 Å². The number of fused-ring (bicyclic) bond motifs is 1. The molecule has 0 aliphatic carbocycles. The van der Waals surface area contributed by atoms with Gasteiger partial charge in [-0.05, 0) is 38.5 Å². The van der Waals surface area contributed by atoms with Crippen LogP contribution in [0.25, 0.3) is 0 Å². The van der Waals surface area contributed by atoms with Gasteiger partial charge in [0.2, 0.25) is 0 Å². The number of nitrogens with one attached hydrogen (secondary N) is 1. The number of imide groups is 1. The summed E-state index contributed by atoms with van der Waals surface area (Å²) in [6, 6.07) is 7.10. The molecule has 8 nitrogen and oxygen atoms in total. The Morgan fingerprint density at radius 1 is 1.21 bits per heavy atom. The van der Waals surface area contributed by atoms with Gasteiger partial charge in [-0.3, -0.25) is 9.59 Å². The van der Waals surface area contributed by atoms with Crippen molar-refractivity contribution in [3.63, 3.8) is 0 Å². The molecule has 0 radical (unpaired) electrons. The fraction of sp³-hybridized carbons (Fsp3) is 0.368. The normalized spacial score (nSPS) is 13.9. The van der Waals surface area contributed by atoms with E-state index in [9.17, 15) is 14.4 Å². The molecule has 9 heteroatoms. The van der Waals surface area contributed by atoms with E-state index in [-0.39, 0.29) is 24.6 Å². The number of imidazole rings is 1. The van der Waals surface area contributed by atoms with Crippen LogP contribution in [-0.4, -0.2) is 44.5 Å². The third-order valence-corrected chi connectivity index (χ3v) is 4.30. The summed E-state index contributed by atoms with van der Waals surface area (Å²) in [5.41, 5.74) is 0.353. The molecule has 0 fully saturated rings. The number of nitrogens with zero attached hydrogens (tertiary/aromatic N) is 3. The zero-order chi connectivity index (χ0) is 20.5. The van der Waals surface area contributed by atoms with Crippen molar-refractivity contribution in [3.8, 4) is 0 Å². The summed E-state index contributed by atoms with van der Waals surface area (Å²) in [5, 5.41) is 3.39. The molecule has 0 saturated carbocycles. The number of halogens is 1. The molecular formula is C19H21ClN4O4. The molecule has 3 rings (SSSR count). The first-order valence-electron chi connectivity index (χ1n) is 8.79. The summed E-state index contributed by atoms with van der Waals surface area (Å²) in [5.74, 6) is -0.814. The van der Waals surface area contributed by atoms with Gasteiger partial charge in [-0.15, -0.1) is 0 Å². The Bertz CT molecular complexity index is 915. The molecule has 2 aromatic rings. The average molecular weight is 405 g/mol. The highest BCUT2D eigenvalue weighted by atomic mass is 35.5. The molecule has 28 heavy (non-hydrogen) atoms. The molecule has 0 bridgehead atoms. The third-order valence-electron chi connectivity index (χ3n) is 4.05. The molecule has 0 saturated heterocycles. The maximum absolute atomic E-state index is 12.6. The van der Waals surface area contributed by atoms with Crippen LogP contribution in [0, 0.1) is 0 Å². The fourth-order valence-corrected chi connectivity index (χ4v) is 2.87. The molecule has 2 heterocycles. The van der Waals surface area contributed by atoms with Crippen LogP contribution in [0.4, 0.5) is 4.79 Å². The minimum Gasteiger partial charge on any atom is -0.443 e. The van der Waals surface area contributed by atoms with Crippen LogP contribution < -0.4 is 5.32 Å². The lowest BCUT2D eigenvalue weighted by Crippen LogP contribution is -2.46. The van der Waals surface area contributed by atoms with Crippen LogP contribution in [-0.2, 0) is 17.8 Å². The summed E-state index contributed by atoms with van der Waals surface area (Å²) in [6.07, 6.45) is 0.592. The van der Waals surface area contributed by atoms with Crippen LogP contribution in [0.1, 0.15) is 47.4 Å². The SMILES string of the molecule is CC(C)(C)OC(=O)N1CCn2c(cnc2C(=O)NCc2ccc(Cl)cc2)C1=O. The van der Waals surface area contributed by atoms with Gasteiger partial charge in [0.05, 0.1) is 12.7 Å². The fourth-order valence-electron chi connectivity index (χ4n) is 2.75. The van der Waals surface area contributed by atoms with Crippen molar-refractivity contribution in [3.05, 3.63) is 52.6 Å². The maximum Gasteiger partial charge on any atom is 0.417 e. The second kappa shape index (κ2) is 7.63. The van der Waals surface area contributed by atoms with E-state index in [0.29, 0.717) is 11.6 Å². The van der Waals surface area contributed by atoms with Crippen molar-refractivity contribution < 1.29 is 19.1 Å². The van der Waals surface area contributed by atoms with Crippen LogP contribution in [0.2, 0.25) is 5.02 Å². The zero-order valence-corrected chi connectivity index (χ0v) is 16.6. The van der Waals surface area contributed by atoms with Gasteiger partial charge in [0, 0.05) is 18.1 Å². The number of hydrogen-bond donors (Lipinski definition) is 1. The van der Waals surface area contributed by atoms with E-state index >= 15 is 0 Å². The molecule has 0 atom stereocenters. The van der Waals surface area contributed by atoms with Gasteiger partial charge >= 0.3 is 6.09 Å². The number of benzene rings is 1. The summed E-state index contributed by atoms with van der Waals surface area (Å²) in [6.45, 7) is 5.86. The van der Waals surface area contributed by atoms with Crippen molar-refractivity contribution in [1.29, 1.82) is 0 Å². The highest BCUT2D eigenvalue weighted by Crippen LogP contribution is 2.18. The standard InChI is InChI=1S/C19H21ClN4O4/c1-19(2,3)28-18(27)24-9-8-23-14(17(24)26)11-21-15(23)16(25)22-10-12-4-6-13(20)7-5-12/h4-7,11H,8-10H2,1-3H3,(H,22,25). The van der Waals surface area contributed by atoms with E-state index in [1.165, 1.54) is 10.8 Å². The molecule has 148 valence electrons. The van der Waals surface area contributed by atoms with Crippen LogP contribution >= 0.6 is 11.6 Å². The number of ether oxygens (including phenoxy) is 1. The van der Waals surface area contributed by atoms with E-state index in [2.05, 4.69) is 10.3 Å². The van der Waals surface area contributed by atoms with Crippen molar-refractivity contribution in [2.75, 3.05) is 6.54 Å². The summed E-state index contributed by atoms with van der Waals surface area (Å²) < 4.78 is 6.77. The van der Waals surface area contributed by atoms with E-state index < -0.39 is 23.5 Å². The first-order chi connectivity index (χ1) is 13.2. The molecular weight excluding hydrogens is 384 g/mol. The maximum atomic E-state index is 12.6. The summed E-state index contributed by atoms with van der Waals surface area (Å²) in [7, 11) is 0. The molecule has 3 amide bonds. The molecule has 1 aliphatic rings. The summed E-state index contributed by atoms with van der Waals surface area (Å²) in [4.78, 5) is 42.4. The predicted molar refractivity (Wildman–Crippen MR) is 102 cm³/mol. The van der Waals surface area contributed by atoms with Crippen molar-refractivity contribution >= 4 is 29.5 Å². The zero-order valence-electron chi connectivity index (χ0n) is 15.9. The monoisotopic (exact) mass is 404 g/mol. The molecule has 1 aromatic carbocycles. The van der Waals surface area contributed by atoms with Crippen LogP contribution in [0.5, 0.6) is 0 Å². The van der Waals surface area contributed by atoms with Crippen molar-refractivity contribution in [2.24, 2.45) is 0 Å². The second-order valence-corrected chi connectivity index (χ2v) is 7.80. The van der Waals surface area contributed by atoms with Gasteiger partial charge in [0.1, 0.15) is 11.3 Å². The van der Waals surface area contributed by atoms with E-state index in [1.807, 2.05) is 12.1 Å². The highest BCUT2D eigenvalue weighted by molar-refractivity contribution is 6.30. The smallest absolute Gasteiger partial charge is 0.417 e. The lowest BCUT2D eigenvalue weighted by Gasteiger charge is -2.29. The third kappa shape index (κ3) is 4.33. The van der Waals surface area contributed by atoms with Gasteiger partial charge in [-0.25, -0.2) is 14.7 Å². The Balaban J connectivity index is 1.70. The van der Waals surface area contributed by atoms with E-state index in [4.69, 9.17) is 16.3 Å². The lowest BCUT2D eigenvalue weighted by atomic mass is 10.2. The molecule has 0 unspecified atom stereocenters. The van der Waals surface area contributed by atoms with Crippen molar-refractivity contribution in [1.82, 2.24) is 19.8 Å². The molecule has 1 N–H and O–H groups in total. The quantitative estimate of drug-likeness (QED) is 0.848. The number of carbonyl (C=O) groups excluding carboxylic acids is 3. The first kappa shape index (κ1) is 19.9. The second-order valence-electron chi connectivity index (χ2n) is 7.36. The largest absolute Gasteiger partial charge is 0.443 e. The van der Waals surface area contributed by atoms with Crippen LogP contribution in [0.15, 0.2) is 30.5 Å². The highest BCUT2D eigenvalue weighted by Gasteiger charge is 2.35. The Morgan fingerprint density at radius 3 is 2.54 bits per heavy atom. The molecule has 1 aliphatic heterocycles. The molecule has 0 spiro atoms. The lowest BCUT2D eigenvalue weighted by molar-refractivity contribution is 0.0213. The van der Waals surface area contributed by atoms with E-state index in [1.54, 1.807) is 32.9 Å². The minimum atomic E-state index is -0.710. The first-order valence-corrected chi connectivity index (χ1v) is 9.16. The Hall–Kier alpha value is -2.87. The van der Waals surface area contributed by atoms with Gasteiger partial charge in [0.25, 0.3) is 11.8 Å². The Kier molecular flexibility index (Phi) is 5.42. The Labute approximate surface area is 167 Å². The molecule has 1 aromatic heterocycles. The van der Waals surface area contributed by atoms with Gasteiger partial charge in [-0.1, -0.05) is 23.7 Å². The topological polar surface area (TPSA) is 93.5 Å². The summed E-state index contributed by atoms with van der Waals surface area (Å²) >= 11 is 5.85. The van der Waals surface area contributed by atoms with Gasteiger partial charge in [-0.2, -0.15) is 0 Å². The van der Waals surface area contributed by atoms with E-state index in [0.717, 1.165) is 10.5 Å². The van der Waals surface area contributed by atoms with Crippen molar-refractivity contribution in [2.45, 2.75) is 39.5 Å². The number of carbonyl (C=O) groups is 3.